The van der Waals surface area contributed by atoms with Gasteiger partial charge < -0.3 is 19.6 Å². The van der Waals surface area contributed by atoms with Crippen molar-refractivity contribution in [3.05, 3.63) is 35.6 Å². The zero-order valence-electron chi connectivity index (χ0n) is 17.8. The lowest BCUT2D eigenvalue weighted by Gasteiger charge is -2.27. The number of carbonyl (C=O) groups is 3. The summed E-state index contributed by atoms with van der Waals surface area (Å²) in [6.07, 6.45) is -0.928. The van der Waals surface area contributed by atoms with E-state index in [2.05, 4.69) is 0 Å². The number of ether oxygens (including phenoxy) is 1. The third kappa shape index (κ3) is 5.63. The first-order valence-corrected chi connectivity index (χ1v) is 12.3. The van der Waals surface area contributed by atoms with Crippen LogP contribution in [-0.4, -0.2) is 90.5 Å². The van der Waals surface area contributed by atoms with E-state index in [1.807, 2.05) is 0 Å². The smallest absolute Gasteiger partial charge is 0.329 e. The molecular weight excluding hydrogens is 443 g/mol. The van der Waals surface area contributed by atoms with Gasteiger partial charge in [-0.05, 0) is 25.0 Å². The van der Waals surface area contributed by atoms with Crippen LogP contribution < -0.4 is 0 Å². The maximum Gasteiger partial charge on any atom is 0.329 e. The van der Waals surface area contributed by atoms with Gasteiger partial charge in [-0.15, -0.1) is 0 Å². The summed E-state index contributed by atoms with van der Waals surface area (Å²) < 4.78 is 42.4. The van der Waals surface area contributed by atoms with Gasteiger partial charge in [0.1, 0.15) is 11.9 Å². The van der Waals surface area contributed by atoms with Gasteiger partial charge in [0.05, 0.1) is 24.0 Å². The minimum atomic E-state index is -3.18. The van der Waals surface area contributed by atoms with Gasteiger partial charge in [0.2, 0.25) is 5.91 Å². The molecule has 2 amide bonds. The third-order valence-electron chi connectivity index (χ3n) is 5.82. The maximum absolute atomic E-state index is 13.9. The molecule has 3 unspecified atom stereocenters. The van der Waals surface area contributed by atoms with E-state index in [1.54, 1.807) is 13.0 Å². The Hall–Kier alpha value is -2.53. The second kappa shape index (κ2) is 9.95. The zero-order valence-corrected chi connectivity index (χ0v) is 18.6. The van der Waals surface area contributed by atoms with Gasteiger partial charge in [-0.3, -0.25) is 9.59 Å². The number of sulfone groups is 1. The molecule has 2 aliphatic heterocycles. The number of likely N-dealkylation sites (tertiary alicyclic amines) is 1. The molecule has 11 heteroatoms. The fourth-order valence-electron chi connectivity index (χ4n) is 4.19. The van der Waals surface area contributed by atoms with E-state index in [1.165, 1.54) is 23.1 Å². The quantitative estimate of drug-likeness (QED) is 0.553. The standard InChI is InChI=1S/C21H27FN2O7S/c1-2-23(15-7-8-32(29,30)13-15)20(27)12-31-21(28)18-10-16(25)11-24(18)19(26)9-14-5-3-4-6-17(14)22/h3-6,15-16,18,25H,2,7-13H2,1H3. The van der Waals surface area contributed by atoms with Crippen molar-refractivity contribution in [2.45, 2.75) is 44.4 Å². The minimum absolute atomic E-state index is 0.0142. The highest BCUT2D eigenvalue weighted by Crippen LogP contribution is 2.22. The Morgan fingerprint density at radius 2 is 2.00 bits per heavy atom. The van der Waals surface area contributed by atoms with E-state index < -0.39 is 58.2 Å². The lowest BCUT2D eigenvalue weighted by Crippen LogP contribution is -2.45. The lowest BCUT2D eigenvalue weighted by atomic mass is 10.1. The third-order valence-corrected chi connectivity index (χ3v) is 7.57. The number of hydrogen-bond donors (Lipinski definition) is 1. The Bertz CT molecular complexity index is 984. The molecule has 1 aromatic rings. The fourth-order valence-corrected chi connectivity index (χ4v) is 5.92. The largest absolute Gasteiger partial charge is 0.454 e. The summed E-state index contributed by atoms with van der Waals surface area (Å²) in [5.41, 5.74) is 0.172. The van der Waals surface area contributed by atoms with E-state index >= 15 is 0 Å². The number of benzene rings is 1. The van der Waals surface area contributed by atoms with Gasteiger partial charge in [0.15, 0.2) is 16.4 Å². The van der Waals surface area contributed by atoms with Crippen molar-refractivity contribution < 1.29 is 37.0 Å². The van der Waals surface area contributed by atoms with Crippen molar-refractivity contribution >= 4 is 27.6 Å². The highest BCUT2D eigenvalue weighted by Gasteiger charge is 2.40. The Labute approximate surface area is 186 Å². The highest BCUT2D eigenvalue weighted by atomic mass is 32.2. The van der Waals surface area contributed by atoms with Crippen molar-refractivity contribution in [2.24, 2.45) is 0 Å². The van der Waals surface area contributed by atoms with Crippen molar-refractivity contribution in [3.63, 3.8) is 0 Å². The minimum Gasteiger partial charge on any atom is -0.454 e. The molecule has 2 fully saturated rings. The predicted octanol–water partition coefficient (Wildman–Crippen LogP) is -0.0912. The molecule has 2 heterocycles. The Balaban J connectivity index is 1.59. The van der Waals surface area contributed by atoms with E-state index in [4.69, 9.17) is 4.74 Å². The van der Waals surface area contributed by atoms with Crippen LogP contribution in [0.2, 0.25) is 0 Å². The molecule has 0 saturated carbocycles. The van der Waals surface area contributed by atoms with Gasteiger partial charge in [0.25, 0.3) is 5.91 Å². The molecule has 3 atom stereocenters. The normalized spacial score (nSPS) is 24.3. The molecule has 2 saturated heterocycles. The number of rotatable bonds is 7. The molecule has 0 aromatic heterocycles. The Morgan fingerprint density at radius 3 is 2.62 bits per heavy atom. The van der Waals surface area contributed by atoms with Crippen molar-refractivity contribution in [2.75, 3.05) is 31.2 Å². The predicted molar refractivity (Wildman–Crippen MR) is 112 cm³/mol. The molecule has 3 rings (SSSR count). The van der Waals surface area contributed by atoms with E-state index in [0.717, 1.165) is 4.90 Å². The number of aliphatic hydroxyl groups is 1. The second-order valence-electron chi connectivity index (χ2n) is 8.06. The fraction of sp³-hybridized carbons (Fsp3) is 0.571. The average Bonchev–Trinajstić information content (AvgIpc) is 3.30. The SMILES string of the molecule is CCN(C(=O)COC(=O)C1CC(O)CN1C(=O)Cc1ccccc1F)C1CCS(=O)(=O)C1. The summed E-state index contributed by atoms with van der Waals surface area (Å²) in [4.78, 5) is 40.3. The van der Waals surface area contributed by atoms with Crippen molar-refractivity contribution in [3.8, 4) is 0 Å². The Kier molecular flexibility index (Phi) is 7.50. The molecule has 0 bridgehead atoms. The van der Waals surface area contributed by atoms with Gasteiger partial charge in [-0.1, -0.05) is 18.2 Å². The molecule has 0 aliphatic carbocycles. The zero-order chi connectivity index (χ0) is 23.5. The lowest BCUT2D eigenvalue weighted by molar-refractivity contribution is -0.158. The summed E-state index contributed by atoms with van der Waals surface area (Å²) in [5.74, 6) is -2.55. The number of β-amino-alcohol motifs (C(OH)–C–C–N with tert-alkyl or cyclic N) is 1. The number of esters is 1. The maximum atomic E-state index is 13.9. The highest BCUT2D eigenvalue weighted by molar-refractivity contribution is 7.91. The van der Waals surface area contributed by atoms with Crippen molar-refractivity contribution in [1.29, 1.82) is 0 Å². The first-order valence-electron chi connectivity index (χ1n) is 10.5. The molecule has 2 aliphatic rings. The van der Waals surface area contributed by atoms with Crippen LogP contribution in [0.3, 0.4) is 0 Å². The summed E-state index contributed by atoms with van der Waals surface area (Å²) >= 11 is 0. The van der Waals surface area contributed by atoms with E-state index in [-0.39, 0.29) is 43.0 Å². The van der Waals surface area contributed by atoms with E-state index in [9.17, 15) is 32.3 Å². The van der Waals surface area contributed by atoms with Gasteiger partial charge >= 0.3 is 5.97 Å². The number of hydrogen-bond acceptors (Lipinski definition) is 7. The van der Waals surface area contributed by atoms with Crippen LogP contribution in [0.25, 0.3) is 0 Å². The van der Waals surface area contributed by atoms with E-state index in [0.29, 0.717) is 6.42 Å². The monoisotopic (exact) mass is 470 g/mol. The van der Waals surface area contributed by atoms with Gasteiger partial charge in [-0.2, -0.15) is 0 Å². The number of carbonyl (C=O) groups excluding carboxylic acids is 3. The molecular formula is C21H27FN2O7S. The van der Waals surface area contributed by atoms with Crippen LogP contribution in [0.15, 0.2) is 24.3 Å². The number of amides is 2. The number of halogens is 1. The first-order chi connectivity index (χ1) is 15.1. The van der Waals surface area contributed by atoms with Crippen LogP contribution in [0, 0.1) is 5.82 Å². The first kappa shape index (κ1) is 24.1. The average molecular weight is 471 g/mol. The number of aliphatic hydroxyl groups excluding tert-OH is 1. The van der Waals surface area contributed by atoms with Crippen LogP contribution in [0.4, 0.5) is 4.39 Å². The summed E-state index contributed by atoms with van der Waals surface area (Å²) in [5, 5.41) is 9.98. The number of nitrogens with zero attached hydrogens (tertiary/aromatic N) is 2. The van der Waals surface area contributed by atoms with Crippen LogP contribution in [-0.2, 0) is 35.4 Å². The molecule has 1 aromatic carbocycles. The molecule has 0 spiro atoms. The van der Waals surface area contributed by atoms with Crippen LogP contribution >= 0.6 is 0 Å². The molecule has 32 heavy (non-hydrogen) atoms. The molecule has 0 radical (unpaired) electrons. The summed E-state index contributed by atoms with van der Waals surface area (Å²) in [7, 11) is -3.18. The molecule has 1 N–H and O–H groups in total. The van der Waals surface area contributed by atoms with Gasteiger partial charge in [-0.25, -0.2) is 17.6 Å². The second-order valence-corrected chi connectivity index (χ2v) is 10.3. The molecule has 176 valence electrons. The summed E-state index contributed by atoms with van der Waals surface area (Å²) in [6.45, 7) is 1.29. The van der Waals surface area contributed by atoms with Gasteiger partial charge in [0, 0.05) is 25.6 Å². The number of likely N-dealkylation sites (N-methyl/N-ethyl adjacent to an activating group) is 1. The van der Waals surface area contributed by atoms with Crippen LogP contribution in [0.1, 0.15) is 25.3 Å². The van der Waals surface area contributed by atoms with Crippen molar-refractivity contribution in [1.82, 2.24) is 9.80 Å². The Morgan fingerprint density at radius 1 is 1.28 bits per heavy atom. The van der Waals surface area contributed by atoms with Crippen LogP contribution in [0.5, 0.6) is 0 Å². The topological polar surface area (TPSA) is 121 Å². The summed E-state index contributed by atoms with van der Waals surface area (Å²) in [6, 6.07) is 4.25. The molecule has 9 nitrogen and oxygen atoms in total.